The van der Waals surface area contributed by atoms with Gasteiger partial charge in [-0.3, -0.25) is 0 Å². The molecule has 120 valence electrons. The van der Waals surface area contributed by atoms with Gasteiger partial charge < -0.3 is 11.1 Å². The summed E-state index contributed by atoms with van der Waals surface area (Å²) in [5.74, 6) is 1.38. The van der Waals surface area contributed by atoms with E-state index in [1.165, 1.54) is 28.6 Å². The number of aryl methyl sites for hydroxylation is 1. The highest BCUT2D eigenvalue weighted by Crippen LogP contribution is 2.42. The standard InChI is InChI=1S/C17H21N5S/c1-9(2)13-11-5-3-4-10(11)12-14-15(23-17(12)22-13)16(19-7-6-18)21-8-20-14/h8-9H,3-7,18H2,1-2H3,(H,19,20,21)/p+1. The zero-order valence-corrected chi connectivity index (χ0v) is 14.5. The first-order valence-corrected chi connectivity index (χ1v) is 9.14. The molecule has 0 saturated heterocycles. The minimum absolute atomic E-state index is 0.464. The van der Waals surface area contributed by atoms with Crippen molar-refractivity contribution in [2.45, 2.75) is 39.0 Å². The summed E-state index contributed by atoms with van der Waals surface area (Å²) in [4.78, 5) is 15.1. The van der Waals surface area contributed by atoms with Gasteiger partial charge in [0.15, 0.2) is 0 Å². The summed E-state index contributed by atoms with van der Waals surface area (Å²) in [5, 5.41) is 4.64. The van der Waals surface area contributed by atoms with Crippen molar-refractivity contribution in [3.63, 3.8) is 0 Å². The Kier molecular flexibility index (Phi) is 3.66. The van der Waals surface area contributed by atoms with E-state index < -0.39 is 0 Å². The van der Waals surface area contributed by atoms with Gasteiger partial charge in [0, 0.05) is 11.1 Å². The normalized spacial score (nSPS) is 14.1. The van der Waals surface area contributed by atoms with Gasteiger partial charge in [-0.05, 0) is 36.3 Å². The number of rotatable bonds is 4. The van der Waals surface area contributed by atoms with E-state index in [4.69, 9.17) is 4.98 Å². The number of thiophene rings is 1. The first kappa shape index (κ1) is 14.8. The molecule has 1 aliphatic rings. The fraction of sp³-hybridized carbons (Fsp3) is 0.471. The third kappa shape index (κ3) is 2.28. The molecule has 5 nitrogen and oxygen atoms in total. The van der Waals surface area contributed by atoms with Crippen molar-refractivity contribution >= 4 is 37.6 Å². The molecule has 0 unspecified atom stereocenters. The first-order valence-electron chi connectivity index (χ1n) is 8.32. The van der Waals surface area contributed by atoms with Gasteiger partial charge in [-0.15, -0.1) is 11.3 Å². The van der Waals surface area contributed by atoms with E-state index in [2.05, 4.69) is 34.9 Å². The van der Waals surface area contributed by atoms with Gasteiger partial charge in [0.25, 0.3) is 0 Å². The lowest BCUT2D eigenvalue weighted by Crippen LogP contribution is -2.53. The fourth-order valence-corrected chi connectivity index (χ4v) is 4.67. The number of nitrogens with one attached hydrogen (secondary N) is 1. The molecule has 0 radical (unpaired) electrons. The smallest absolute Gasteiger partial charge is 0.147 e. The van der Waals surface area contributed by atoms with Crippen molar-refractivity contribution in [2.75, 3.05) is 18.4 Å². The second kappa shape index (κ2) is 5.69. The van der Waals surface area contributed by atoms with E-state index >= 15 is 0 Å². The number of hydrogen-bond donors (Lipinski definition) is 2. The molecule has 6 heteroatoms. The molecule has 0 amide bonds. The van der Waals surface area contributed by atoms with Crippen LogP contribution in [-0.4, -0.2) is 28.0 Å². The second-order valence-corrected chi connectivity index (χ2v) is 7.42. The van der Waals surface area contributed by atoms with Crippen LogP contribution in [0.15, 0.2) is 6.33 Å². The van der Waals surface area contributed by atoms with Crippen LogP contribution in [0.5, 0.6) is 0 Å². The molecule has 3 aromatic rings. The number of quaternary nitrogens is 1. The monoisotopic (exact) mass is 328 g/mol. The Bertz CT molecular complexity index is 884. The third-order valence-corrected chi connectivity index (χ3v) is 5.60. The Morgan fingerprint density at radius 1 is 1.26 bits per heavy atom. The molecule has 0 spiro atoms. The summed E-state index contributed by atoms with van der Waals surface area (Å²) >= 11 is 1.72. The highest BCUT2D eigenvalue weighted by atomic mass is 32.1. The van der Waals surface area contributed by atoms with Crippen LogP contribution in [0.25, 0.3) is 20.4 Å². The van der Waals surface area contributed by atoms with Crippen molar-refractivity contribution in [1.82, 2.24) is 15.0 Å². The number of anilines is 1. The minimum atomic E-state index is 0.464. The minimum Gasteiger partial charge on any atom is -0.363 e. The van der Waals surface area contributed by atoms with Crippen LogP contribution in [0, 0.1) is 0 Å². The Morgan fingerprint density at radius 2 is 2.09 bits per heavy atom. The highest BCUT2D eigenvalue weighted by Gasteiger charge is 2.25. The molecule has 23 heavy (non-hydrogen) atoms. The van der Waals surface area contributed by atoms with Gasteiger partial charge in [-0.25, -0.2) is 15.0 Å². The Balaban J connectivity index is 2.02. The number of nitrogens with zero attached hydrogens (tertiary/aromatic N) is 3. The molecule has 3 heterocycles. The molecule has 0 atom stereocenters. The van der Waals surface area contributed by atoms with E-state index in [1.807, 2.05) is 0 Å². The van der Waals surface area contributed by atoms with Gasteiger partial charge in [-0.1, -0.05) is 13.8 Å². The topological polar surface area (TPSA) is 78.3 Å². The Morgan fingerprint density at radius 3 is 2.87 bits per heavy atom. The van der Waals surface area contributed by atoms with E-state index in [0.29, 0.717) is 5.92 Å². The zero-order chi connectivity index (χ0) is 16.0. The molecule has 0 aromatic carbocycles. The Labute approximate surface area is 139 Å². The second-order valence-electron chi connectivity index (χ2n) is 6.42. The van der Waals surface area contributed by atoms with Crippen molar-refractivity contribution in [3.8, 4) is 0 Å². The number of hydrogen-bond acceptors (Lipinski definition) is 5. The number of fused-ring (bicyclic) bond motifs is 5. The Hall–Kier alpha value is -1.79. The quantitative estimate of drug-likeness (QED) is 0.771. The van der Waals surface area contributed by atoms with Crippen LogP contribution in [0.2, 0.25) is 0 Å². The largest absolute Gasteiger partial charge is 0.363 e. The van der Waals surface area contributed by atoms with Crippen LogP contribution in [0.4, 0.5) is 5.82 Å². The predicted octanol–water partition coefficient (Wildman–Crippen LogP) is 2.51. The van der Waals surface area contributed by atoms with Gasteiger partial charge in [-0.2, -0.15) is 0 Å². The van der Waals surface area contributed by atoms with Crippen molar-refractivity contribution < 1.29 is 5.73 Å². The van der Waals surface area contributed by atoms with E-state index in [0.717, 1.165) is 46.8 Å². The van der Waals surface area contributed by atoms with Crippen LogP contribution < -0.4 is 11.1 Å². The summed E-state index contributed by atoms with van der Waals surface area (Å²) in [6.07, 6.45) is 5.19. The van der Waals surface area contributed by atoms with Crippen LogP contribution in [-0.2, 0) is 12.8 Å². The molecule has 0 bridgehead atoms. The lowest BCUT2D eigenvalue weighted by Gasteiger charge is -2.11. The number of aromatic nitrogens is 3. The van der Waals surface area contributed by atoms with Crippen LogP contribution >= 0.6 is 11.3 Å². The third-order valence-electron chi connectivity index (χ3n) is 4.52. The molecule has 0 aliphatic heterocycles. The number of pyridine rings is 1. The summed E-state index contributed by atoms with van der Waals surface area (Å²) < 4.78 is 1.12. The average Bonchev–Trinajstić information content (AvgIpc) is 3.15. The maximum atomic E-state index is 5.02. The van der Waals surface area contributed by atoms with Crippen LogP contribution in [0.3, 0.4) is 0 Å². The SMILES string of the molecule is CC(C)c1nc2sc3c(NCC[NH3+])ncnc3c2c2c1CCC2. The van der Waals surface area contributed by atoms with Gasteiger partial charge in [0.1, 0.15) is 17.0 Å². The lowest BCUT2D eigenvalue weighted by atomic mass is 9.99. The van der Waals surface area contributed by atoms with E-state index in [-0.39, 0.29) is 0 Å². The first-order chi connectivity index (χ1) is 11.2. The average molecular weight is 328 g/mol. The summed E-state index contributed by atoms with van der Waals surface area (Å²) in [6, 6.07) is 0. The molecule has 4 rings (SSSR count). The summed E-state index contributed by atoms with van der Waals surface area (Å²) in [7, 11) is 0. The molecule has 0 saturated carbocycles. The summed E-state index contributed by atoms with van der Waals surface area (Å²) in [5.41, 5.74) is 9.17. The zero-order valence-electron chi connectivity index (χ0n) is 13.6. The molecule has 0 fully saturated rings. The van der Waals surface area contributed by atoms with Crippen molar-refractivity contribution in [2.24, 2.45) is 0 Å². The molecule has 1 aliphatic carbocycles. The molecular weight excluding hydrogens is 306 g/mol. The van der Waals surface area contributed by atoms with Gasteiger partial charge >= 0.3 is 0 Å². The maximum absolute atomic E-state index is 5.02. The van der Waals surface area contributed by atoms with E-state index in [9.17, 15) is 0 Å². The van der Waals surface area contributed by atoms with Gasteiger partial charge in [0.2, 0.25) is 0 Å². The predicted molar refractivity (Wildman–Crippen MR) is 95.1 cm³/mol. The van der Waals surface area contributed by atoms with Crippen LogP contribution in [0.1, 0.15) is 43.0 Å². The summed E-state index contributed by atoms with van der Waals surface area (Å²) in [6.45, 7) is 6.13. The molecule has 4 N–H and O–H groups in total. The lowest BCUT2D eigenvalue weighted by molar-refractivity contribution is -0.362. The maximum Gasteiger partial charge on any atom is 0.147 e. The van der Waals surface area contributed by atoms with Crippen molar-refractivity contribution in [1.29, 1.82) is 0 Å². The van der Waals surface area contributed by atoms with Crippen molar-refractivity contribution in [3.05, 3.63) is 23.1 Å². The van der Waals surface area contributed by atoms with Gasteiger partial charge in [0.05, 0.1) is 23.3 Å². The molecule has 3 aromatic heterocycles. The fourth-order valence-electron chi connectivity index (χ4n) is 3.54. The highest BCUT2D eigenvalue weighted by molar-refractivity contribution is 7.26. The molecular formula is C17H22N5S+. The van der Waals surface area contributed by atoms with E-state index in [1.54, 1.807) is 17.7 Å².